The summed E-state index contributed by atoms with van der Waals surface area (Å²) in [6.07, 6.45) is 5.52. The van der Waals surface area contributed by atoms with E-state index in [1.54, 1.807) is 7.11 Å². The summed E-state index contributed by atoms with van der Waals surface area (Å²) in [5.41, 5.74) is 1.26. The Balaban J connectivity index is 2.06. The van der Waals surface area contributed by atoms with Gasteiger partial charge in [0.05, 0.1) is 16.8 Å². The molecule has 1 N–H and O–H groups in total. The minimum absolute atomic E-state index is 0.148. The molecular weight excluding hydrogens is 389 g/mol. The predicted octanol–water partition coefficient (Wildman–Crippen LogP) is 4.76. The van der Waals surface area contributed by atoms with Gasteiger partial charge in [0.1, 0.15) is 0 Å². The fourth-order valence-corrected chi connectivity index (χ4v) is 3.89. The van der Waals surface area contributed by atoms with Crippen molar-refractivity contribution < 1.29 is 9.47 Å². The molecule has 1 aliphatic carbocycles. The maximum atomic E-state index is 5.88. The Morgan fingerprint density at radius 3 is 2.64 bits per heavy atom. The van der Waals surface area contributed by atoms with Gasteiger partial charge in [-0.05, 0) is 72.9 Å². The Labute approximate surface area is 148 Å². The Morgan fingerprint density at radius 2 is 2.00 bits per heavy atom. The van der Waals surface area contributed by atoms with E-state index in [1.807, 2.05) is 13.8 Å². The van der Waals surface area contributed by atoms with E-state index in [9.17, 15) is 0 Å². The molecule has 1 aromatic carbocycles. The number of ether oxygens (including phenoxy) is 2. The third kappa shape index (κ3) is 4.75. The summed E-state index contributed by atoms with van der Waals surface area (Å²) in [6, 6.07) is 4.94. The van der Waals surface area contributed by atoms with Gasteiger partial charge in [-0.2, -0.15) is 0 Å². The lowest BCUT2D eigenvalue weighted by atomic mass is 9.86. The van der Waals surface area contributed by atoms with Crippen molar-refractivity contribution in [1.82, 2.24) is 5.32 Å². The van der Waals surface area contributed by atoms with Crippen molar-refractivity contribution in [2.75, 3.05) is 7.11 Å². The van der Waals surface area contributed by atoms with Crippen molar-refractivity contribution >= 4 is 22.6 Å². The number of hydrogen-bond donors (Lipinski definition) is 1. The molecule has 1 fully saturated rings. The zero-order valence-electron chi connectivity index (χ0n) is 14.1. The summed E-state index contributed by atoms with van der Waals surface area (Å²) < 4.78 is 12.5. The van der Waals surface area contributed by atoms with Gasteiger partial charge in [0.15, 0.2) is 11.5 Å². The Hall–Kier alpha value is -0.490. The van der Waals surface area contributed by atoms with Crippen LogP contribution >= 0.6 is 22.6 Å². The second-order valence-corrected chi connectivity index (χ2v) is 7.69. The van der Waals surface area contributed by atoms with Gasteiger partial charge in [-0.25, -0.2) is 0 Å². The SMILES string of the molecule is COc1cc(CN[C@H]2CCCC[C@H]2C)cc(I)c1OC(C)C. The lowest BCUT2D eigenvalue weighted by Gasteiger charge is -2.29. The van der Waals surface area contributed by atoms with E-state index in [1.165, 1.54) is 31.2 Å². The molecular formula is C18H28INO2. The van der Waals surface area contributed by atoms with Gasteiger partial charge in [-0.15, -0.1) is 0 Å². The molecule has 0 radical (unpaired) electrons. The topological polar surface area (TPSA) is 30.5 Å². The highest BCUT2D eigenvalue weighted by Gasteiger charge is 2.21. The molecule has 0 aliphatic heterocycles. The van der Waals surface area contributed by atoms with Crippen molar-refractivity contribution in [2.24, 2.45) is 5.92 Å². The predicted molar refractivity (Wildman–Crippen MR) is 99.7 cm³/mol. The molecule has 124 valence electrons. The average molecular weight is 417 g/mol. The molecule has 0 saturated heterocycles. The van der Waals surface area contributed by atoms with E-state index in [4.69, 9.17) is 9.47 Å². The average Bonchev–Trinajstić information content (AvgIpc) is 2.48. The van der Waals surface area contributed by atoms with Crippen molar-refractivity contribution in [2.45, 2.75) is 65.1 Å². The Morgan fingerprint density at radius 1 is 1.27 bits per heavy atom. The van der Waals surface area contributed by atoms with Crippen molar-refractivity contribution in [1.29, 1.82) is 0 Å². The fourth-order valence-electron chi connectivity index (χ4n) is 3.09. The van der Waals surface area contributed by atoms with E-state index in [0.717, 1.165) is 27.5 Å². The maximum absolute atomic E-state index is 5.88. The van der Waals surface area contributed by atoms with Gasteiger partial charge in [0, 0.05) is 12.6 Å². The first kappa shape index (κ1) is 17.9. The van der Waals surface area contributed by atoms with E-state index >= 15 is 0 Å². The monoisotopic (exact) mass is 417 g/mol. The molecule has 22 heavy (non-hydrogen) atoms. The summed E-state index contributed by atoms with van der Waals surface area (Å²) in [5.74, 6) is 2.46. The third-order valence-corrected chi connectivity index (χ3v) is 5.12. The number of benzene rings is 1. The zero-order valence-corrected chi connectivity index (χ0v) is 16.3. The van der Waals surface area contributed by atoms with Crippen molar-refractivity contribution in [3.8, 4) is 11.5 Å². The highest BCUT2D eigenvalue weighted by atomic mass is 127. The quantitative estimate of drug-likeness (QED) is 0.678. The van der Waals surface area contributed by atoms with E-state index in [-0.39, 0.29) is 6.10 Å². The second-order valence-electron chi connectivity index (χ2n) is 6.52. The molecule has 1 saturated carbocycles. The summed E-state index contributed by atoms with van der Waals surface area (Å²) in [6.45, 7) is 7.33. The van der Waals surface area contributed by atoms with Crippen LogP contribution in [0.2, 0.25) is 0 Å². The van der Waals surface area contributed by atoms with Gasteiger partial charge >= 0.3 is 0 Å². The van der Waals surface area contributed by atoms with Crippen LogP contribution in [0.1, 0.15) is 52.0 Å². The summed E-state index contributed by atoms with van der Waals surface area (Å²) >= 11 is 2.33. The molecule has 2 atom stereocenters. The molecule has 2 rings (SSSR count). The van der Waals surface area contributed by atoms with Crippen LogP contribution in [0.25, 0.3) is 0 Å². The standard InChI is InChI=1S/C18H28INO2/c1-12(2)22-18-15(19)9-14(10-17(18)21-4)11-20-16-8-6-5-7-13(16)3/h9-10,12-13,16,20H,5-8,11H2,1-4H3/t13-,16+/m1/s1. The van der Waals surface area contributed by atoms with Gasteiger partial charge in [-0.3, -0.25) is 0 Å². The second kappa shape index (κ2) is 8.39. The summed E-state index contributed by atoms with van der Waals surface area (Å²) in [7, 11) is 1.71. The van der Waals surface area contributed by atoms with Gasteiger partial charge < -0.3 is 14.8 Å². The fraction of sp³-hybridized carbons (Fsp3) is 0.667. The van der Waals surface area contributed by atoms with E-state index in [0.29, 0.717) is 6.04 Å². The van der Waals surface area contributed by atoms with Crippen LogP contribution in [0, 0.1) is 9.49 Å². The molecule has 0 unspecified atom stereocenters. The lowest BCUT2D eigenvalue weighted by molar-refractivity contribution is 0.228. The number of hydrogen-bond acceptors (Lipinski definition) is 3. The Kier molecular flexibility index (Phi) is 6.81. The molecule has 0 spiro atoms. The lowest BCUT2D eigenvalue weighted by Crippen LogP contribution is -2.36. The number of methoxy groups -OCH3 is 1. The zero-order chi connectivity index (χ0) is 16.1. The molecule has 0 heterocycles. The highest BCUT2D eigenvalue weighted by Crippen LogP contribution is 2.35. The third-order valence-electron chi connectivity index (χ3n) is 4.32. The summed E-state index contributed by atoms with van der Waals surface area (Å²) in [4.78, 5) is 0. The normalized spacial score (nSPS) is 21.9. The Bertz CT molecular complexity index is 490. The first-order valence-electron chi connectivity index (χ1n) is 8.27. The highest BCUT2D eigenvalue weighted by molar-refractivity contribution is 14.1. The molecule has 0 aromatic heterocycles. The molecule has 1 aliphatic rings. The van der Waals surface area contributed by atoms with Crippen LogP contribution in [-0.2, 0) is 6.54 Å². The minimum Gasteiger partial charge on any atom is -0.493 e. The van der Waals surface area contributed by atoms with Crippen LogP contribution in [0.3, 0.4) is 0 Å². The number of halogens is 1. The van der Waals surface area contributed by atoms with Crippen LogP contribution in [0.4, 0.5) is 0 Å². The molecule has 0 bridgehead atoms. The van der Waals surface area contributed by atoms with Crippen molar-refractivity contribution in [3.63, 3.8) is 0 Å². The van der Waals surface area contributed by atoms with E-state index < -0.39 is 0 Å². The van der Waals surface area contributed by atoms with Gasteiger partial charge in [0.25, 0.3) is 0 Å². The van der Waals surface area contributed by atoms with Crippen molar-refractivity contribution in [3.05, 3.63) is 21.3 Å². The first-order valence-corrected chi connectivity index (χ1v) is 9.35. The van der Waals surface area contributed by atoms with Gasteiger partial charge in [0.2, 0.25) is 0 Å². The molecule has 1 aromatic rings. The minimum atomic E-state index is 0.148. The number of rotatable bonds is 6. The van der Waals surface area contributed by atoms with Crippen LogP contribution < -0.4 is 14.8 Å². The smallest absolute Gasteiger partial charge is 0.174 e. The molecule has 0 amide bonds. The van der Waals surface area contributed by atoms with Gasteiger partial charge in [-0.1, -0.05) is 19.8 Å². The van der Waals surface area contributed by atoms with Crippen LogP contribution in [0.5, 0.6) is 11.5 Å². The maximum Gasteiger partial charge on any atom is 0.174 e. The van der Waals surface area contributed by atoms with E-state index in [2.05, 4.69) is 47.0 Å². The number of nitrogens with one attached hydrogen (secondary N) is 1. The van der Waals surface area contributed by atoms with Crippen LogP contribution in [-0.4, -0.2) is 19.3 Å². The largest absolute Gasteiger partial charge is 0.493 e. The molecule has 3 nitrogen and oxygen atoms in total. The summed E-state index contributed by atoms with van der Waals surface area (Å²) in [5, 5.41) is 3.73. The first-order chi connectivity index (χ1) is 10.5. The molecule has 4 heteroatoms. The van der Waals surface area contributed by atoms with Crippen LogP contribution in [0.15, 0.2) is 12.1 Å².